The van der Waals surface area contributed by atoms with E-state index in [1.54, 1.807) is 0 Å². The summed E-state index contributed by atoms with van der Waals surface area (Å²) in [4.78, 5) is 14.3. The second-order valence-corrected chi connectivity index (χ2v) is 7.07. The number of benzene rings is 1. The Bertz CT molecular complexity index is 494. The molecule has 1 aromatic carbocycles. The molecule has 2 fully saturated rings. The average molecular weight is 357 g/mol. The van der Waals surface area contributed by atoms with Gasteiger partial charge >= 0.3 is 0 Å². The van der Waals surface area contributed by atoms with Crippen molar-refractivity contribution in [1.29, 1.82) is 0 Å². The number of hydrogen-bond acceptors (Lipinski definition) is 2. The maximum atomic E-state index is 12.3. The van der Waals surface area contributed by atoms with Crippen molar-refractivity contribution in [3.8, 4) is 0 Å². The van der Waals surface area contributed by atoms with Crippen molar-refractivity contribution in [2.45, 2.75) is 44.6 Å². The molecule has 1 amide bonds. The molecule has 1 N–H and O–H groups in total. The first-order valence-electron chi connectivity index (χ1n) is 8.46. The fourth-order valence-electron chi connectivity index (χ4n) is 3.05. The molecular weight excluding hydrogens is 331 g/mol. The van der Waals surface area contributed by atoms with E-state index in [-0.39, 0.29) is 18.3 Å². The molecule has 3 rings (SSSR count). The van der Waals surface area contributed by atoms with Crippen LogP contribution in [0.3, 0.4) is 0 Å². The van der Waals surface area contributed by atoms with E-state index < -0.39 is 0 Å². The molecule has 0 unspecified atom stereocenters. The first-order valence-corrected chi connectivity index (χ1v) is 8.84. The van der Waals surface area contributed by atoms with E-state index >= 15 is 0 Å². The van der Waals surface area contributed by atoms with Crippen molar-refractivity contribution in [3.63, 3.8) is 0 Å². The zero-order chi connectivity index (χ0) is 15.4. The van der Waals surface area contributed by atoms with Crippen LogP contribution in [0.1, 0.15) is 37.7 Å². The van der Waals surface area contributed by atoms with Crippen molar-refractivity contribution in [2.75, 3.05) is 19.6 Å². The second kappa shape index (κ2) is 8.91. The van der Waals surface area contributed by atoms with Crippen LogP contribution in [-0.4, -0.2) is 36.5 Å². The fourth-order valence-corrected chi connectivity index (χ4v) is 3.17. The number of hydrogen-bond donors (Lipinski definition) is 1. The van der Waals surface area contributed by atoms with Crippen LogP contribution in [0.25, 0.3) is 0 Å². The van der Waals surface area contributed by atoms with Gasteiger partial charge in [-0.1, -0.05) is 23.7 Å². The molecule has 2 aliphatic rings. The van der Waals surface area contributed by atoms with E-state index in [1.807, 2.05) is 29.2 Å². The number of carbonyl (C=O) groups is 1. The summed E-state index contributed by atoms with van der Waals surface area (Å²) in [5.74, 6) is 1.22. The summed E-state index contributed by atoms with van der Waals surface area (Å²) in [7, 11) is 0. The Labute approximate surface area is 150 Å². The summed E-state index contributed by atoms with van der Waals surface area (Å²) in [6, 6.07) is 8.39. The number of nitrogens with zero attached hydrogens (tertiary/aromatic N) is 1. The largest absolute Gasteiger partial charge is 0.343 e. The number of nitrogens with one attached hydrogen (secondary N) is 1. The molecule has 128 valence electrons. The predicted molar refractivity (Wildman–Crippen MR) is 97.3 cm³/mol. The molecule has 0 radical (unpaired) electrons. The molecule has 0 aromatic heterocycles. The summed E-state index contributed by atoms with van der Waals surface area (Å²) < 4.78 is 0. The normalized spacial score (nSPS) is 18.6. The lowest BCUT2D eigenvalue weighted by Gasteiger charge is -2.32. The van der Waals surface area contributed by atoms with Crippen molar-refractivity contribution in [3.05, 3.63) is 34.9 Å². The first kappa shape index (κ1) is 18.6. The number of piperidine rings is 1. The zero-order valence-corrected chi connectivity index (χ0v) is 15.0. The van der Waals surface area contributed by atoms with E-state index in [9.17, 15) is 4.79 Å². The van der Waals surface area contributed by atoms with Gasteiger partial charge in [-0.2, -0.15) is 0 Å². The van der Waals surface area contributed by atoms with Gasteiger partial charge in [0.05, 0.1) is 0 Å². The van der Waals surface area contributed by atoms with Gasteiger partial charge in [-0.05, 0) is 62.3 Å². The maximum Gasteiger partial charge on any atom is 0.222 e. The molecular formula is C18H26Cl2N2O. The van der Waals surface area contributed by atoms with Crippen molar-refractivity contribution >= 4 is 29.9 Å². The van der Waals surface area contributed by atoms with E-state index in [2.05, 4.69) is 5.32 Å². The van der Waals surface area contributed by atoms with Crippen molar-refractivity contribution < 1.29 is 4.79 Å². The minimum atomic E-state index is 0. The van der Waals surface area contributed by atoms with Gasteiger partial charge in [0.15, 0.2) is 0 Å². The van der Waals surface area contributed by atoms with Crippen LogP contribution in [0.5, 0.6) is 0 Å². The van der Waals surface area contributed by atoms with Gasteiger partial charge in [-0.25, -0.2) is 0 Å². The Kier molecular flexibility index (Phi) is 7.19. The van der Waals surface area contributed by atoms with Gasteiger partial charge < -0.3 is 10.2 Å². The zero-order valence-electron chi connectivity index (χ0n) is 13.5. The smallest absolute Gasteiger partial charge is 0.222 e. The molecule has 0 atom stereocenters. The van der Waals surface area contributed by atoms with Crippen molar-refractivity contribution in [1.82, 2.24) is 10.2 Å². The SMILES string of the molecule is Cl.O=C(CCc1ccc(Cl)cc1)N1CCC(NCC2CC2)CC1. The van der Waals surface area contributed by atoms with Crippen LogP contribution in [0.2, 0.25) is 5.02 Å². The standard InChI is InChI=1S/C18H25ClN2O.ClH/c19-16-6-3-14(4-7-16)5-8-18(22)21-11-9-17(10-12-21)20-13-15-1-2-15;/h3-4,6-7,15,17,20H,1-2,5,8-13H2;1H. The highest BCUT2D eigenvalue weighted by Crippen LogP contribution is 2.28. The molecule has 3 nitrogen and oxygen atoms in total. The molecule has 23 heavy (non-hydrogen) atoms. The summed E-state index contributed by atoms with van der Waals surface area (Å²) in [6.45, 7) is 2.98. The third kappa shape index (κ3) is 5.98. The van der Waals surface area contributed by atoms with Gasteiger partial charge in [0.2, 0.25) is 5.91 Å². The predicted octanol–water partition coefficient (Wildman–Crippen LogP) is 3.69. The molecule has 5 heteroatoms. The van der Waals surface area contributed by atoms with Crippen LogP contribution in [0.15, 0.2) is 24.3 Å². The van der Waals surface area contributed by atoms with Crippen LogP contribution < -0.4 is 5.32 Å². The highest BCUT2D eigenvalue weighted by molar-refractivity contribution is 6.30. The third-order valence-corrected chi connectivity index (χ3v) is 5.03. The molecule has 0 bridgehead atoms. The Morgan fingerprint density at radius 2 is 1.78 bits per heavy atom. The lowest BCUT2D eigenvalue weighted by atomic mass is 10.0. The average Bonchev–Trinajstić information content (AvgIpc) is 3.37. The number of aryl methyl sites for hydroxylation is 1. The van der Waals surface area contributed by atoms with Crippen LogP contribution in [0, 0.1) is 5.92 Å². The van der Waals surface area contributed by atoms with E-state index in [0.717, 1.165) is 43.3 Å². The summed E-state index contributed by atoms with van der Waals surface area (Å²) >= 11 is 5.88. The molecule has 1 saturated heterocycles. The number of carbonyl (C=O) groups excluding carboxylic acids is 1. The maximum absolute atomic E-state index is 12.3. The highest BCUT2D eigenvalue weighted by Gasteiger charge is 2.25. The molecule has 1 aromatic rings. The van der Waals surface area contributed by atoms with Crippen molar-refractivity contribution in [2.24, 2.45) is 5.92 Å². The minimum absolute atomic E-state index is 0. The lowest BCUT2D eigenvalue weighted by molar-refractivity contribution is -0.132. The van der Waals surface area contributed by atoms with Crippen LogP contribution in [-0.2, 0) is 11.2 Å². The quantitative estimate of drug-likeness (QED) is 0.842. The van der Waals surface area contributed by atoms with Gasteiger partial charge in [0, 0.05) is 30.6 Å². The van der Waals surface area contributed by atoms with Gasteiger partial charge in [0.1, 0.15) is 0 Å². The molecule has 0 spiro atoms. The monoisotopic (exact) mass is 356 g/mol. The van der Waals surface area contributed by atoms with Gasteiger partial charge in [-0.3, -0.25) is 4.79 Å². The minimum Gasteiger partial charge on any atom is -0.343 e. The number of amides is 1. The molecule has 1 saturated carbocycles. The summed E-state index contributed by atoms with van der Waals surface area (Å²) in [5.41, 5.74) is 1.18. The van der Waals surface area contributed by atoms with Crippen LogP contribution >= 0.6 is 24.0 Å². The molecule has 1 aliphatic carbocycles. The summed E-state index contributed by atoms with van der Waals surface area (Å²) in [5, 5.41) is 4.40. The fraction of sp³-hybridized carbons (Fsp3) is 0.611. The Morgan fingerprint density at radius 3 is 2.39 bits per heavy atom. The Morgan fingerprint density at radius 1 is 1.13 bits per heavy atom. The topological polar surface area (TPSA) is 32.3 Å². The summed E-state index contributed by atoms with van der Waals surface area (Å²) in [6.07, 6.45) is 6.39. The van der Waals surface area contributed by atoms with E-state index in [4.69, 9.17) is 11.6 Å². The number of rotatable bonds is 6. The Balaban J connectivity index is 0.00000192. The molecule has 1 aliphatic heterocycles. The first-order chi connectivity index (χ1) is 10.7. The van der Waals surface area contributed by atoms with Crippen LogP contribution in [0.4, 0.5) is 0 Å². The van der Waals surface area contributed by atoms with Gasteiger partial charge in [-0.15, -0.1) is 12.4 Å². The number of halogens is 2. The van der Waals surface area contributed by atoms with E-state index in [0.29, 0.717) is 12.5 Å². The second-order valence-electron chi connectivity index (χ2n) is 6.63. The highest BCUT2D eigenvalue weighted by atomic mass is 35.5. The third-order valence-electron chi connectivity index (χ3n) is 4.78. The van der Waals surface area contributed by atoms with E-state index in [1.165, 1.54) is 24.9 Å². The lowest BCUT2D eigenvalue weighted by Crippen LogP contribution is -2.45. The number of likely N-dealkylation sites (tertiary alicyclic amines) is 1. The Hall–Kier alpha value is -0.770. The molecule has 1 heterocycles. The van der Waals surface area contributed by atoms with Gasteiger partial charge in [0.25, 0.3) is 0 Å².